The summed E-state index contributed by atoms with van der Waals surface area (Å²) in [4.78, 5) is 17.5. The van der Waals surface area contributed by atoms with Gasteiger partial charge >= 0.3 is 6.18 Å². The summed E-state index contributed by atoms with van der Waals surface area (Å²) in [6.07, 6.45) is -4.83. The van der Waals surface area contributed by atoms with Crippen LogP contribution in [0.5, 0.6) is 0 Å². The Bertz CT molecular complexity index is 1320. The molecule has 0 aliphatic carbocycles. The van der Waals surface area contributed by atoms with E-state index in [9.17, 15) is 23.2 Å². The molecule has 2 aromatic carbocycles. The summed E-state index contributed by atoms with van der Waals surface area (Å²) in [6, 6.07) is 20.0. The van der Waals surface area contributed by atoms with Gasteiger partial charge < -0.3 is 4.57 Å². The van der Waals surface area contributed by atoms with Crippen LogP contribution in [0, 0.1) is 11.3 Å². The third-order valence-corrected chi connectivity index (χ3v) is 5.62. The molecule has 0 aliphatic rings. The fraction of sp³-hybridized carbons (Fsp3) is 0.0870. The number of pyridine rings is 1. The van der Waals surface area contributed by atoms with Gasteiger partial charge in [-0.15, -0.1) is 11.3 Å². The standard InChI is InChI=1S/C23H14F3N3OS/c24-23(25,26)19-11-20(15-7-3-1-4-8-15)29(22(30)18(19)12-27)13-17-14-31-21(28-17)16-9-5-2-6-10-16/h1-11,14H,13H2. The monoisotopic (exact) mass is 437 g/mol. The smallest absolute Gasteiger partial charge is 0.301 e. The van der Waals surface area contributed by atoms with E-state index >= 15 is 0 Å². The number of hydrogen-bond acceptors (Lipinski definition) is 4. The predicted molar refractivity (Wildman–Crippen MR) is 113 cm³/mol. The minimum atomic E-state index is -4.83. The van der Waals surface area contributed by atoms with Gasteiger partial charge in [-0.2, -0.15) is 18.4 Å². The third-order valence-electron chi connectivity index (χ3n) is 4.68. The van der Waals surface area contributed by atoms with E-state index in [1.807, 2.05) is 30.3 Å². The van der Waals surface area contributed by atoms with E-state index in [1.165, 1.54) is 22.0 Å². The maximum absolute atomic E-state index is 13.6. The normalized spacial score (nSPS) is 11.3. The molecule has 0 saturated carbocycles. The molecule has 0 spiro atoms. The molecule has 4 nitrogen and oxygen atoms in total. The van der Waals surface area contributed by atoms with E-state index in [2.05, 4.69) is 4.98 Å². The maximum Gasteiger partial charge on any atom is 0.417 e. The van der Waals surface area contributed by atoms with Crippen molar-refractivity contribution in [3.63, 3.8) is 0 Å². The van der Waals surface area contributed by atoms with Gasteiger partial charge in [-0.25, -0.2) is 4.98 Å². The minimum absolute atomic E-state index is 0.0563. The summed E-state index contributed by atoms with van der Waals surface area (Å²) >= 11 is 1.38. The topological polar surface area (TPSA) is 58.7 Å². The molecule has 4 rings (SSSR count). The summed E-state index contributed by atoms with van der Waals surface area (Å²) in [6.45, 7) is -0.0563. The van der Waals surface area contributed by atoms with Crippen molar-refractivity contribution in [3.8, 4) is 27.9 Å². The van der Waals surface area contributed by atoms with Crippen molar-refractivity contribution in [1.82, 2.24) is 9.55 Å². The molecule has 2 heterocycles. The van der Waals surface area contributed by atoms with Crippen LogP contribution >= 0.6 is 11.3 Å². The van der Waals surface area contributed by atoms with Crippen molar-refractivity contribution < 1.29 is 13.2 Å². The van der Waals surface area contributed by atoms with Crippen LogP contribution in [-0.2, 0) is 12.7 Å². The quantitative estimate of drug-likeness (QED) is 0.419. The molecule has 0 bridgehead atoms. The fourth-order valence-corrected chi connectivity index (χ4v) is 4.05. The molecule has 0 N–H and O–H groups in total. The van der Waals surface area contributed by atoms with Crippen molar-refractivity contribution in [2.24, 2.45) is 0 Å². The van der Waals surface area contributed by atoms with E-state index in [1.54, 1.807) is 35.7 Å². The number of nitrogens with zero attached hydrogens (tertiary/aromatic N) is 3. The molecule has 0 fully saturated rings. The Balaban J connectivity index is 1.87. The highest BCUT2D eigenvalue weighted by atomic mass is 32.1. The highest BCUT2D eigenvalue weighted by Crippen LogP contribution is 2.34. The molecule has 8 heteroatoms. The first-order chi connectivity index (χ1) is 14.9. The van der Waals surface area contributed by atoms with Crippen LogP contribution in [0.4, 0.5) is 13.2 Å². The Hall–Kier alpha value is -3.70. The zero-order valence-electron chi connectivity index (χ0n) is 15.9. The molecule has 0 radical (unpaired) electrons. The number of nitriles is 1. The van der Waals surface area contributed by atoms with Gasteiger partial charge in [-0.3, -0.25) is 4.79 Å². The lowest BCUT2D eigenvalue weighted by atomic mass is 10.0. The predicted octanol–water partition coefficient (Wildman–Crippen LogP) is 5.58. The fourth-order valence-electron chi connectivity index (χ4n) is 3.24. The minimum Gasteiger partial charge on any atom is -0.301 e. The first-order valence-electron chi connectivity index (χ1n) is 9.19. The number of aromatic nitrogens is 2. The molecule has 0 aliphatic heterocycles. The Kier molecular flexibility index (Phi) is 5.44. The Labute approximate surface area is 179 Å². The van der Waals surface area contributed by atoms with Crippen molar-refractivity contribution in [2.75, 3.05) is 0 Å². The van der Waals surface area contributed by atoms with Gasteiger partial charge in [0, 0.05) is 10.9 Å². The number of rotatable bonds is 4. The highest BCUT2D eigenvalue weighted by molar-refractivity contribution is 7.13. The van der Waals surface area contributed by atoms with Crippen LogP contribution in [0.25, 0.3) is 21.8 Å². The first-order valence-corrected chi connectivity index (χ1v) is 10.1. The molecular formula is C23H14F3N3OS. The van der Waals surface area contributed by atoms with Gasteiger partial charge in [0.15, 0.2) is 0 Å². The molecule has 0 atom stereocenters. The summed E-state index contributed by atoms with van der Waals surface area (Å²) in [5.41, 5.74) is -1.22. The largest absolute Gasteiger partial charge is 0.417 e. The number of halogens is 3. The van der Waals surface area contributed by atoms with E-state index < -0.39 is 22.9 Å². The lowest BCUT2D eigenvalue weighted by Gasteiger charge is -2.17. The second-order valence-electron chi connectivity index (χ2n) is 6.70. The average Bonchev–Trinajstić information content (AvgIpc) is 3.24. The first kappa shape index (κ1) is 20.6. The maximum atomic E-state index is 13.6. The van der Waals surface area contributed by atoms with Crippen LogP contribution in [0.2, 0.25) is 0 Å². The van der Waals surface area contributed by atoms with E-state index in [-0.39, 0.29) is 12.2 Å². The number of alkyl halides is 3. The van der Waals surface area contributed by atoms with Crippen LogP contribution in [-0.4, -0.2) is 9.55 Å². The van der Waals surface area contributed by atoms with Crippen molar-refractivity contribution in [2.45, 2.75) is 12.7 Å². The van der Waals surface area contributed by atoms with Crippen molar-refractivity contribution in [3.05, 3.63) is 99.3 Å². The molecule has 0 amide bonds. The Morgan fingerprint density at radius 1 is 1.00 bits per heavy atom. The van der Waals surface area contributed by atoms with E-state index in [0.717, 1.165) is 16.6 Å². The second kappa shape index (κ2) is 8.20. The van der Waals surface area contributed by atoms with Crippen LogP contribution in [0.1, 0.15) is 16.8 Å². The zero-order valence-corrected chi connectivity index (χ0v) is 16.7. The SMILES string of the molecule is N#Cc1c(C(F)(F)F)cc(-c2ccccc2)n(Cc2csc(-c3ccccc3)n2)c1=O. The molecular weight excluding hydrogens is 423 g/mol. The summed E-state index contributed by atoms with van der Waals surface area (Å²) in [5, 5.41) is 11.8. The average molecular weight is 437 g/mol. The number of thiazole rings is 1. The highest BCUT2D eigenvalue weighted by Gasteiger charge is 2.36. The van der Waals surface area contributed by atoms with Gasteiger partial charge in [0.1, 0.15) is 16.6 Å². The lowest BCUT2D eigenvalue weighted by Crippen LogP contribution is -2.28. The molecule has 0 saturated heterocycles. The number of benzene rings is 2. The van der Waals surface area contributed by atoms with Crippen LogP contribution < -0.4 is 5.56 Å². The van der Waals surface area contributed by atoms with Crippen molar-refractivity contribution in [1.29, 1.82) is 5.26 Å². The van der Waals surface area contributed by atoms with E-state index in [4.69, 9.17) is 0 Å². The van der Waals surface area contributed by atoms with Gasteiger partial charge in [0.2, 0.25) is 0 Å². The molecule has 4 aromatic rings. The molecule has 154 valence electrons. The van der Waals surface area contributed by atoms with Crippen LogP contribution in [0.15, 0.2) is 76.9 Å². The number of hydrogen-bond donors (Lipinski definition) is 0. The van der Waals surface area contributed by atoms with Gasteiger partial charge in [-0.1, -0.05) is 60.7 Å². The van der Waals surface area contributed by atoms with Crippen molar-refractivity contribution >= 4 is 11.3 Å². The lowest BCUT2D eigenvalue weighted by molar-refractivity contribution is -0.137. The Morgan fingerprint density at radius 2 is 1.61 bits per heavy atom. The third kappa shape index (κ3) is 4.13. The van der Waals surface area contributed by atoms with Crippen LogP contribution in [0.3, 0.4) is 0 Å². The summed E-state index contributed by atoms with van der Waals surface area (Å²) in [5.74, 6) is 0. The van der Waals surface area contributed by atoms with Gasteiger partial charge in [0.05, 0.1) is 23.5 Å². The molecule has 2 aromatic heterocycles. The second-order valence-corrected chi connectivity index (χ2v) is 7.55. The molecule has 0 unspecified atom stereocenters. The molecule has 31 heavy (non-hydrogen) atoms. The van der Waals surface area contributed by atoms with Gasteiger partial charge in [-0.05, 0) is 11.6 Å². The zero-order chi connectivity index (χ0) is 22.0. The Morgan fingerprint density at radius 3 is 2.19 bits per heavy atom. The van der Waals surface area contributed by atoms with E-state index in [0.29, 0.717) is 11.3 Å². The van der Waals surface area contributed by atoms with Gasteiger partial charge in [0.25, 0.3) is 5.56 Å². The summed E-state index contributed by atoms with van der Waals surface area (Å²) < 4.78 is 41.8. The summed E-state index contributed by atoms with van der Waals surface area (Å²) in [7, 11) is 0.